The average Bonchev–Trinajstić information content (AvgIpc) is 2.05. The summed E-state index contributed by atoms with van der Waals surface area (Å²) in [6, 6.07) is 0. The molecule has 1 rings (SSSR count). The highest BCUT2D eigenvalue weighted by Crippen LogP contribution is 2.25. The van der Waals surface area contributed by atoms with Crippen molar-refractivity contribution < 1.29 is 4.79 Å². The highest BCUT2D eigenvalue weighted by molar-refractivity contribution is 8.07. The first-order valence-electron chi connectivity index (χ1n) is 3.61. The van der Waals surface area contributed by atoms with Crippen LogP contribution in [0.1, 0.15) is 6.92 Å². The van der Waals surface area contributed by atoms with Gasteiger partial charge in [-0.25, -0.2) is 0 Å². The molecule has 1 saturated heterocycles. The van der Waals surface area contributed by atoms with Crippen molar-refractivity contribution in [2.45, 2.75) is 12.2 Å². The molecule has 0 bridgehead atoms. The largest absolute Gasteiger partial charge is 0.293 e. The number of hydrogen-bond acceptors (Lipinski definition) is 3. The Balaban J connectivity index is 2.45. The van der Waals surface area contributed by atoms with Crippen LogP contribution in [0.5, 0.6) is 0 Å². The number of hydrogen-bond donors (Lipinski definition) is 0. The maximum Gasteiger partial charge on any atom is 0.171 e. The number of carbonyl (C=O) groups is 1. The van der Waals surface area contributed by atoms with E-state index >= 15 is 0 Å². The predicted octanol–water partition coefficient (Wildman–Crippen LogP) is 1.98. The van der Waals surface area contributed by atoms with Crippen LogP contribution < -0.4 is 0 Å². The molecular weight excluding hydrogens is 176 g/mol. The molecule has 0 radical (unpaired) electrons. The molecule has 0 aliphatic carbocycles. The van der Waals surface area contributed by atoms with E-state index in [0.717, 1.165) is 11.5 Å². The maximum absolute atomic E-state index is 11.4. The Labute approximate surface area is 76.0 Å². The van der Waals surface area contributed by atoms with E-state index in [-0.39, 0.29) is 11.0 Å². The van der Waals surface area contributed by atoms with Crippen LogP contribution in [0, 0.1) is 0 Å². The molecule has 0 N–H and O–H groups in total. The van der Waals surface area contributed by atoms with E-state index in [2.05, 4.69) is 6.58 Å². The van der Waals surface area contributed by atoms with Crippen molar-refractivity contribution in [3.63, 3.8) is 0 Å². The topological polar surface area (TPSA) is 17.1 Å². The highest BCUT2D eigenvalue weighted by atomic mass is 32.2. The van der Waals surface area contributed by atoms with Crippen molar-refractivity contribution in [3.05, 3.63) is 12.2 Å². The van der Waals surface area contributed by atoms with Gasteiger partial charge in [-0.2, -0.15) is 11.8 Å². The van der Waals surface area contributed by atoms with Gasteiger partial charge in [0.25, 0.3) is 0 Å². The Morgan fingerprint density at radius 3 is 2.73 bits per heavy atom. The Morgan fingerprint density at radius 2 is 2.27 bits per heavy atom. The molecule has 1 aliphatic heterocycles. The molecule has 0 saturated carbocycles. The van der Waals surface area contributed by atoms with Crippen molar-refractivity contribution in [2.75, 3.05) is 17.3 Å². The number of Topliss-reactive ketones (excluding diaryl/α,β-unsaturated/α-hetero) is 1. The van der Waals surface area contributed by atoms with Gasteiger partial charge in [-0.15, -0.1) is 11.8 Å². The fourth-order valence-corrected chi connectivity index (χ4v) is 3.61. The summed E-state index contributed by atoms with van der Waals surface area (Å²) in [4.78, 5) is 11.4. The van der Waals surface area contributed by atoms with Crippen molar-refractivity contribution in [2.24, 2.45) is 0 Å². The molecule has 1 heterocycles. The van der Waals surface area contributed by atoms with Crippen molar-refractivity contribution in [1.29, 1.82) is 0 Å². The minimum atomic E-state index is 0.186. The average molecular weight is 188 g/mol. The summed E-state index contributed by atoms with van der Waals surface area (Å²) in [6.07, 6.45) is 0. The third-order valence-electron chi connectivity index (χ3n) is 1.53. The number of thioether (sulfide) groups is 2. The first-order chi connectivity index (χ1) is 5.22. The lowest BCUT2D eigenvalue weighted by atomic mass is 10.2. The summed E-state index contributed by atoms with van der Waals surface area (Å²) in [5.41, 5.74) is 0.699. The summed E-state index contributed by atoms with van der Waals surface area (Å²) in [5, 5.41) is 0.186. The van der Waals surface area contributed by atoms with Gasteiger partial charge < -0.3 is 0 Å². The molecule has 3 heteroatoms. The Hall–Kier alpha value is 0.110. The molecular formula is C8H12OS2. The normalized spacial score (nSPS) is 24.6. The van der Waals surface area contributed by atoms with Gasteiger partial charge in [0.2, 0.25) is 0 Å². The van der Waals surface area contributed by atoms with E-state index in [1.807, 2.05) is 11.8 Å². The quantitative estimate of drug-likeness (QED) is 0.617. The molecule has 62 valence electrons. The zero-order valence-electron chi connectivity index (χ0n) is 6.63. The van der Waals surface area contributed by atoms with Gasteiger partial charge >= 0.3 is 0 Å². The van der Waals surface area contributed by atoms with E-state index < -0.39 is 0 Å². The number of allylic oxidation sites excluding steroid dienone is 1. The van der Waals surface area contributed by atoms with E-state index in [1.54, 1.807) is 18.7 Å². The molecule has 0 aromatic heterocycles. The third kappa shape index (κ3) is 2.56. The Morgan fingerprint density at radius 1 is 1.55 bits per heavy atom. The second-order valence-corrected chi connectivity index (χ2v) is 5.04. The van der Waals surface area contributed by atoms with Gasteiger partial charge in [0.05, 0.1) is 5.25 Å². The van der Waals surface area contributed by atoms with Crippen molar-refractivity contribution in [1.82, 2.24) is 0 Å². The molecule has 11 heavy (non-hydrogen) atoms. The van der Waals surface area contributed by atoms with Gasteiger partial charge in [-0.05, 0) is 12.5 Å². The lowest BCUT2D eigenvalue weighted by molar-refractivity contribution is -0.114. The van der Waals surface area contributed by atoms with E-state index in [0.29, 0.717) is 5.57 Å². The van der Waals surface area contributed by atoms with Crippen LogP contribution in [0.25, 0.3) is 0 Å². The van der Waals surface area contributed by atoms with Gasteiger partial charge in [0.15, 0.2) is 5.78 Å². The van der Waals surface area contributed by atoms with Crippen LogP contribution >= 0.6 is 23.5 Å². The van der Waals surface area contributed by atoms with Gasteiger partial charge in [-0.3, -0.25) is 4.79 Å². The monoisotopic (exact) mass is 188 g/mol. The van der Waals surface area contributed by atoms with Crippen LogP contribution in [-0.2, 0) is 4.79 Å². The van der Waals surface area contributed by atoms with Gasteiger partial charge in [0, 0.05) is 17.3 Å². The van der Waals surface area contributed by atoms with Crippen LogP contribution in [0.3, 0.4) is 0 Å². The molecule has 1 fully saturated rings. The zero-order chi connectivity index (χ0) is 8.27. The molecule has 1 aliphatic rings. The minimum absolute atomic E-state index is 0.186. The summed E-state index contributed by atoms with van der Waals surface area (Å²) in [7, 11) is 0. The zero-order valence-corrected chi connectivity index (χ0v) is 8.26. The number of ketones is 1. The predicted molar refractivity (Wildman–Crippen MR) is 53.4 cm³/mol. The third-order valence-corrected chi connectivity index (χ3v) is 4.28. The fraction of sp³-hybridized carbons (Fsp3) is 0.625. The summed E-state index contributed by atoms with van der Waals surface area (Å²) < 4.78 is 0. The van der Waals surface area contributed by atoms with Crippen LogP contribution in [0.15, 0.2) is 12.2 Å². The number of carbonyl (C=O) groups excluding carboxylic acids is 1. The SMILES string of the molecule is C=C(C)C(=O)C1CSCCS1. The van der Waals surface area contributed by atoms with Gasteiger partial charge in [0.1, 0.15) is 0 Å². The minimum Gasteiger partial charge on any atom is -0.293 e. The second kappa shape index (κ2) is 4.21. The Bertz CT molecular complexity index is 171. The highest BCUT2D eigenvalue weighted by Gasteiger charge is 2.21. The van der Waals surface area contributed by atoms with Crippen LogP contribution in [-0.4, -0.2) is 28.3 Å². The van der Waals surface area contributed by atoms with Crippen molar-refractivity contribution in [3.8, 4) is 0 Å². The summed E-state index contributed by atoms with van der Waals surface area (Å²) in [5.74, 6) is 3.50. The molecule has 1 nitrogen and oxygen atoms in total. The molecule has 1 atom stereocenters. The smallest absolute Gasteiger partial charge is 0.171 e. The molecule has 0 aromatic carbocycles. The van der Waals surface area contributed by atoms with Crippen molar-refractivity contribution >= 4 is 29.3 Å². The summed E-state index contributed by atoms with van der Waals surface area (Å²) >= 11 is 3.63. The first-order valence-corrected chi connectivity index (χ1v) is 5.81. The summed E-state index contributed by atoms with van der Waals surface area (Å²) in [6.45, 7) is 5.45. The lowest BCUT2D eigenvalue weighted by Crippen LogP contribution is -2.24. The molecule has 1 unspecified atom stereocenters. The molecule has 0 aromatic rings. The molecule has 0 amide bonds. The molecule has 0 spiro atoms. The first kappa shape index (κ1) is 9.20. The van der Waals surface area contributed by atoms with Crippen LogP contribution in [0.4, 0.5) is 0 Å². The second-order valence-electron chi connectivity index (χ2n) is 2.58. The fourth-order valence-electron chi connectivity index (χ4n) is 0.914. The number of rotatable bonds is 2. The standard InChI is InChI=1S/C8H12OS2/c1-6(2)8(9)7-5-10-3-4-11-7/h7H,1,3-5H2,2H3. The van der Waals surface area contributed by atoms with Crippen LogP contribution in [0.2, 0.25) is 0 Å². The Kier molecular flexibility index (Phi) is 3.52. The van der Waals surface area contributed by atoms with E-state index in [9.17, 15) is 4.79 Å². The lowest BCUT2D eigenvalue weighted by Gasteiger charge is -2.19. The van der Waals surface area contributed by atoms with Gasteiger partial charge in [-0.1, -0.05) is 6.58 Å². The van der Waals surface area contributed by atoms with E-state index in [1.165, 1.54) is 5.75 Å². The van der Waals surface area contributed by atoms with E-state index in [4.69, 9.17) is 0 Å². The maximum atomic E-state index is 11.4.